The Morgan fingerprint density at radius 2 is 1.82 bits per heavy atom. The quantitative estimate of drug-likeness (QED) is 0.682. The fourth-order valence-corrected chi connectivity index (χ4v) is 1.39. The minimum atomic E-state index is 0.285. The van der Waals surface area contributed by atoms with Gasteiger partial charge in [-0.05, 0) is 26.3 Å². The molecule has 4 heteroatoms. The van der Waals surface area contributed by atoms with Crippen molar-refractivity contribution in [3.63, 3.8) is 0 Å². The number of rotatable bonds is 8. The first-order chi connectivity index (χ1) is 8.22. The molecule has 0 aliphatic carbocycles. The predicted molar refractivity (Wildman–Crippen MR) is 72.6 cm³/mol. The van der Waals surface area contributed by atoms with E-state index in [4.69, 9.17) is 4.74 Å². The Kier molecular flexibility index (Phi) is 6.40. The molecule has 2 N–H and O–H groups in total. The first-order valence-corrected chi connectivity index (χ1v) is 6.26. The van der Waals surface area contributed by atoms with E-state index in [2.05, 4.69) is 28.6 Å². The summed E-state index contributed by atoms with van der Waals surface area (Å²) >= 11 is 0. The van der Waals surface area contributed by atoms with Crippen LogP contribution >= 0.6 is 0 Å². The lowest BCUT2D eigenvalue weighted by Crippen LogP contribution is -2.13. The zero-order valence-corrected chi connectivity index (χ0v) is 11.0. The summed E-state index contributed by atoms with van der Waals surface area (Å²) < 4.78 is 5.46. The SMILES string of the molecule is CCCNc1cncc(NCCOC(C)C)c1. The lowest BCUT2D eigenvalue weighted by molar-refractivity contribution is 0.0870. The molecule has 0 radical (unpaired) electrons. The van der Waals surface area contributed by atoms with E-state index in [0.717, 1.165) is 30.9 Å². The molecule has 1 aromatic rings. The lowest BCUT2D eigenvalue weighted by atomic mass is 10.3. The Morgan fingerprint density at radius 1 is 1.18 bits per heavy atom. The summed E-state index contributed by atoms with van der Waals surface area (Å²) in [5.41, 5.74) is 2.08. The van der Waals surface area contributed by atoms with Crippen LogP contribution in [0.2, 0.25) is 0 Å². The number of nitrogens with zero attached hydrogens (tertiary/aromatic N) is 1. The van der Waals surface area contributed by atoms with Gasteiger partial charge in [-0.3, -0.25) is 4.98 Å². The first kappa shape index (κ1) is 13.8. The van der Waals surface area contributed by atoms with Crippen molar-refractivity contribution in [2.75, 3.05) is 30.3 Å². The summed E-state index contributed by atoms with van der Waals surface area (Å²) in [6, 6.07) is 2.07. The molecule has 0 aliphatic heterocycles. The lowest BCUT2D eigenvalue weighted by Gasteiger charge is -2.10. The summed E-state index contributed by atoms with van der Waals surface area (Å²) in [4.78, 5) is 4.19. The zero-order valence-electron chi connectivity index (χ0n) is 11.0. The summed E-state index contributed by atoms with van der Waals surface area (Å²) in [6.45, 7) is 8.71. The van der Waals surface area contributed by atoms with Gasteiger partial charge in [-0.2, -0.15) is 0 Å². The molecule has 0 spiro atoms. The molecule has 0 atom stereocenters. The fourth-order valence-electron chi connectivity index (χ4n) is 1.39. The topological polar surface area (TPSA) is 46.2 Å². The van der Waals surface area contributed by atoms with Crippen LogP contribution in [0.4, 0.5) is 11.4 Å². The molecule has 0 saturated carbocycles. The maximum absolute atomic E-state index is 5.46. The largest absolute Gasteiger partial charge is 0.384 e. The number of nitrogens with one attached hydrogen (secondary N) is 2. The molecule has 1 heterocycles. The molecular formula is C13H23N3O. The first-order valence-electron chi connectivity index (χ1n) is 6.26. The highest BCUT2D eigenvalue weighted by Crippen LogP contribution is 2.12. The normalized spacial score (nSPS) is 10.6. The third-order valence-corrected chi connectivity index (χ3v) is 2.20. The van der Waals surface area contributed by atoms with Crippen LogP contribution in [0.15, 0.2) is 18.5 Å². The van der Waals surface area contributed by atoms with E-state index in [-0.39, 0.29) is 6.10 Å². The molecule has 4 nitrogen and oxygen atoms in total. The second-order valence-electron chi connectivity index (χ2n) is 4.24. The standard InChI is InChI=1S/C13H23N3O/c1-4-5-15-12-8-13(10-14-9-12)16-6-7-17-11(2)3/h8-11,15-16H,4-7H2,1-3H3. The van der Waals surface area contributed by atoms with E-state index >= 15 is 0 Å². The molecule has 17 heavy (non-hydrogen) atoms. The number of anilines is 2. The van der Waals surface area contributed by atoms with Crippen LogP contribution in [0.1, 0.15) is 27.2 Å². The van der Waals surface area contributed by atoms with Crippen LogP contribution in [0.5, 0.6) is 0 Å². The van der Waals surface area contributed by atoms with Crippen molar-refractivity contribution in [1.82, 2.24) is 4.98 Å². The number of hydrogen-bond donors (Lipinski definition) is 2. The Bertz CT molecular complexity index is 315. The second kappa shape index (κ2) is 7.90. The average molecular weight is 237 g/mol. The van der Waals surface area contributed by atoms with Crippen LogP contribution in [-0.2, 0) is 4.74 Å². The van der Waals surface area contributed by atoms with E-state index in [1.54, 1.807) is 0 Å². The maximum atomic E-state index is 5.46. The molecule has 1 aromatic heterocycles. The van der Waals surface area contributed by atoms with Gasteiger partial charge < -0.3 is 15.4 Å². The van der Waals surface area contributed by atoms with Crippen molar-refractivity contribution in [3.8, 4) is 0 Å². The van der Waals surface area contributed by atoms with Gasteiger partial charge in [0.15, 0.2) is 0 Å². The Morgan fingerprint density at radius 3 is 2.41 bits per heavy atom. The molecule has 0 aromatic carbocycles. The van der Waals surface area contributed by atoms with Crippen LogP contribution < -0.4 is 10.6 Å². The highest BCUT2D eigenvalue weighted by molar-refractivity contribution is 5.53. The number of aromatic nitrogens is 1. The fraction of sp³-hybridized carbons (Fsp3) is 0.615. The molecule has 0 amide bonds. The van der Waals surface area contributed by atoms with Crippen LogP contribution in [0.25, 0.3) is 0 Å². The Hall–Kier alpha value is -1.29. The van der Waals surface area contributed by atoms with Crippen LogP contribution in [0.3, 0.4) is 0 Å². The van der Waals surface area contributed by atoms with E-state index in [9.17, 15) is 0 Å². The summed E-state index contributed by atoms with van der Waals surface area (Å²) in [6.07, 6.45) is 5.06. The van der Waals surface area contributed by atoms with Crippen molar-refractivity contribution in [1.29, 1.82) is 0 Å². The van der Waals surface area contributed by atoms with E-state index < -0.39 is 0 Å². The third-order valence-electron chi connectivity index (χ3n) is 2.20. The van der Waals surface area contributed by atoms with Gasteiger partial charge in [0.2, 0.25) is 0 Å². The summed E-state index contributed by atoms with van der Waals surface area (Å²) in [5, 5.41) is 6.60. The molecule has 0 bridgehead atoms. The molecular weight excluding hydrogens is 214 g/mol. The predicted octanol–water partition coefficient (Wildman–Crippen LogP) is 2.74. The van der Waals surface area contributed by atoms with Gasteiger partial charge in [-0.15, -0.1) is 0 Å². The summed E-state index contributed by atoms with van der Waals surface area (Å²) in [5.74, 6) is 0. The zero-order chi connectivity index (χ0) is 12.5. The highest BCUT2D eigenvalue weighted by atomic mass is 16.5. The van der Waals surface area contributed by atoms with Crippen LogP contribution in [0, 0.1) is 0 Å². The van der Waals surface area contributed by atoms with Gasteiger partial charge in [0.1, 0.15) is 0 Å². The monoisotopic (exact) mass is 237 g/mol. The minimum Gasteiger partial charge on any atom is -0.384 e. The molecule has 0 aliphatic rings. The van der Waals surface area contributed by atoms with Crippen molar-refractivity contribution in [2.24, 2.45) is 0 Å². The van der Waals surface area contributed by atoms with E-state index in [0.29, 0.717) is 6.61 Å². The maximum Gasteiger partial charge on any atom is 0.0642 e. The third kappa shape index (κ3) is 6.12. The molecule has 0 unspecified atom stereocenters. The molecule has 0 saturated heterocycles. The molecule has 96 valence electrons. The van der Waals surface area contributed by atoms with Gasteiger partial charge in [0.25, 0.3) is 0 Å². The molecule has 0 fully saturated rings. The number of ether oxygens (including phenoxy) is 1. The van der Waals surface area contributed by atoms with Gasteiger partial charge in [0.05, 0.1) is 36.5 Å². The van der Waals surface area contributed by atoms with Gasteiger partial charge in [-0.25, -0.2) is 0 Å². The van der Waals surface area contributed by atoms with Gasteiger partial charge in [-0.1, -0.05) is 6.92 Å². The minimum absolute atomic E-state index is 0.285. The number of hydrogen-bond acceptors (Lipinski definition) is 4. The van der Waals surface area contributed by atoms with Crippen LogP contribution in [-0.4, -0.2) is 30.8 Å². The van der Waals surface area contributed by atoms with Gasteiger partial charge >= 0.3 is 0 Å². The average Bonchev–Trinajstić information content (AvgIpc) is 2.32. The smallest absolute Gasteiger partial charge is 0.0642 e. The van der Waals surface area contributed by atoms with Crippen molar-refractivity contribution < 1.29 is 4.74 Å². The van der Waals surface area contributed by atoms with Crippen molar-refractivity contribution >= 4 is 11.4 Å². The van der Waals surface area contributed by atoms with E-state index in [1.807, 2.05) is 26.2 Å². The number of pyridine rings is 1. The van der Waals surface area contributed by atoms with Gasteiger partial charge in [0, 0.05) is 13.1 Å². The Balaban J connectivity index is 2.32. The Labute approximate surface area is 104 Å². The summed E-state index contributed by atoms with van der Waals surface area (Å²) in [7, 11) is 0. The molecule has 1 rings (SSSR count). The van der Waals surface area contributed by atoms with Crippen molar-refractivity contribution in [2.45, 2.75) is 33.3 Å². The van der Waals surface area contributed by atoms with E-state index in [1.165, 1.54) is 0 Å². The van der Waals surface area contributed by atoms with Crippen molar-refractivity contribution in [3.05, 3.63) is 18.5 Å². The second-order valence-corrected chi connectivity index (χ2v) is 4.24. The highest BCUT2D eigenvalue weighted by Gasteiger charge is 1.97.